The van der Waals surface area contributed by atoms with Crippen LogP contribution in [0.1, 0.15) is 20.8 Å². The molecule has 76 valence electrons. The van der Waals surface area contributed by atoms with E-state index in [1.807, 2.05) is 20.8 Å². The van der Waals surface area contributed by atoms with E-state index in [0.717, 1.165) is 6.41 Å². The number of aliphatic hydroxyl groups excluding tert-OH is 1. The van der Waals surface area contributed by atoms with E-state index < -0.39 is 5.54 Å². The minimum atomic E-state index is -0.558. The molecule has 0 aromatic heterocycles. The van der Waals surface area contributed by atoms with Crippen molar-refractivity contribution in [1.82, 2.24) is 4.90 Å². The third-order valence-corrected chi connectivity index (χ3v) is 2.49. The Morgan fingerprint density at radius 1 is 1.54 bits per heavy atom. The van der Waals surface area contributed by atoms with Gasteiger partial charge in [0.1, 0.15) is 0 Å². The van der Waals surface area contributed by atoms with Crippen LogP contribution in [0.2, 0.25) is 0 Å². The van der Waals surface area contributed by atoms with Gasteiger partial charge in [0.15, 0.2) is 0 Å². The van der Waals surface area contributed by atoms with Gasteiger partial charge in [0.2, 0.25) is 6.41 Å². The smallest absolute Gasteiger partial charge is 0.210 e. The van der Waals surface area contributed by atoms with E-state index >= 15 is 0 Å². The fourth-order valence-corrected chi connectivity index (χ4v) is 1.38. The van der Waals surface area contributed by atoms with Crippen LogP contribution in [0.3, 0.4) is 0 Å². The maximum atomic E-state index is 10.8. The highest BCUT2D eigenvalue weighted by atomic mass is 16.5. The number of morpholine rings is 1. The molecule has 0 radical (unpaired) electrons. The van der Waals surface area contributed by atoms with E-state index in [2.05, 4.69) is 0 Å². The lowest BCUT2D eigenvalue weighted by Crippen LogP contribution is -2.62. The van der Waals surface area contributed by atoms with Gasteiger partial charge in [-0.3, -0.25) is 4.79 Å². The Hall–Kier alpha value is -0.610. The largest absolute Gasteiger partial charge is 0.394 e. The molecule has 1 heterocycles. The number of carbonyl (C=O) groups excluding carboxylic acids is 1. The number of nitrogens with zero attached hydrogens (tertiary/aromatic N) is 1. The molecule has 0 spiro atoms. The third kappa shape index (κ3) is 2.00. The molecule has 1 rings (SSSR count). The highest BCUT2D eigenvalue weighted by Gasteiger charge is 2.40. The summed E-state index contributed by atoms with van der Waals surface area (Å²) in [7, 11) is 0. The van der Waals surface area contributed by atoms with Crippen LogP contribution in [-0.2, 0) is 9.53 Å². The van der Waals surface area contributed by atoms with E-state index in [4.69, 9.17) is 9.84 Å². The average molecular weight is 187 g/mol. The summed E-state index contributed by atoms with van der Waals surface area (Å²) in [5, 5.41) is 9.14. The first-order valence-electron chi connectivity index (χ1n) is 4.40. The first kappa shape index (κ1) is 10.5. The van der Waals surface area contributed by atoms with Gasteiger partial charge in [-0.1, -0.05) is 0 Å². The molecule has 1 N–H and O–H groups in total. The minimum Gasteiger partial charge on any atom is -0.394 e. The number of aliphatic hydroxyl groups is 1. The molecule has 0 aliphatic carbocycles. The number of rotatable bonds is 2. The molecule has 0 aromatic carbocycles. The van der Waals surface area contributed by atoms with Gasteiger partial charge in [0, 0.05) is 6.54 Å². The zero-order valence-electron chi connectivity index (χ0n) is 8.41. The van der Waals surface area contributed by atoms with Crippen LogP contribution in [-0.4, -0.2) is 47.3 Å². The summed E-state index contributed by atoms with van der Waals surface area (Å²) in [5.74, 6) is 0. The summed E-state index contributed by atoms with van der Waals surface area (Å²) >= 11 is 0. The number of carbonyl (C=O) groups is 1. The molecule has 1 aliphatic heterocycles. The van der Waals surface area contributed by atoms with E-state index in [9.17, 15) is 4.79 Å². The van der Waals surface area contributed by atoms with Crippen LogP contribution in [0.25, 0.3) is 0 Å². The quantitative estimate of drug-likeness (QED) is 0.619. The van der Waals surface area contributed by atoms with Crippen molar-refractivity contribution in [2.45, 2.75) is 31.9 Å². The van der Waals surface area contributed by atoms with Crippen LogP contribution < -0.4 is 0 Å². The summed E-state index contributed by atoms with van der Waals surface area (Å²) in [4.78, 5) is 12.4. The lowest BCUT2D eigenvalue weighted by molar-refractivity contribution is -0.168. The summed E-state index contributed by atoms with van der Waals surface area (Å²) in [6, 6.07) is 0. The number of hydrogen-bond donors (Lipinski definition) is 1. The van der Waals surface area contributed by atoms with Crippen molar-refractivity contribution in [1.29, 1.82) is 0 Å². The molecule has 1 aliphatic rings. The van der Waals surface area contributed by atoms with E-state index in [1.165, 1.54) is 0 Å². The second-order valence-corrected chi connectivity index (χ2v) is 4.44. The predicted molar refractivity (Wildman–Crippen MR) is 48.3 cm³/mol. The van der Waals surface area contributed by atoms with E-state index in [0.29, 0.717) is 13.2 Å². The molecule has 13 heavy (non-hydrogen) atoms. The van der Waals surface area contributed by atoms with Gasteiger partial charge in [0.05, 0.1) is 24.4 Å². The molecule has 1 saturated heterocycles. The Morgan fingerprint density at radius 2 is 2.15 bits per heavy atom. The van der Waals surface area contributed by atoms with Crippen molar-refractivity contribution >= 4 is 6.41 Å². The molecule has 1 unspecified atom stereocenters. The van der Waals surface area contributed by atoms with Gasteiger partial charge >= 0.3 is 0 Å². The minimum absolute atomic E-state index is 0.0676. The maximum Gasteiger partial charge on any atom is 0.210 e. The highest BCUT2D eigenvalue weighted by Crippen LogP contribution is 2.26. The molecular weight excluding hydrogens is 170 g/mol. The summed E-state index contributed by atoms with van der Waals surface area (Å²) in [6.45, 7) is 6.52. The van der Waals surface area contributed by atoms with Crippen molar-refractivity contribution in [3.63, 3.8) is 0 Å². The van der Waals surface area contributed by atoms with Gasteiger partial charge in [0.25, 0.3) is 0 Å². The monoisotopic (exact) mass is 187 g/mol. The molecule has 1 atom stereocenters. The zero-order chi connectivity index (χ0) is 10.1. The lowest BCUT2D eigenvalue weighted by atomic mass is 9.96. The predicted octanol–water partition coefficient (Wildman–Crippen LogP) is 0.00460. The molecule has 0 bridgehead atoms. The molecular formula is C9H17NO3. The molecule has 1 amide bonds. The fourth-order valence-electron chi connectivity index (χ4n) is 1.38. The molecule has 4 nitrogen and oxygen atoms in total. The van der Waals surface area contributed by atoms with Crippen molar-refractivity contribution in [3.8, 4) is 0 Å². The number of hydrogen-bond acceptors (Lipinski definition) is 3. The van der Waals surface area contributed by atoms with Gasteiger partial charge in [-0.25, -0.2) is 0 Å². The van der Waals surface area contributed by atoms with E-state index in [-0.39, 0.29) is 12.2 Å². The number of amides is 1. The van der Waals surface area contributed by atoms with Crippen molar-refractivity contribution in [2.75, 3.05) is 19.8 Å². The third-order valence-electron chi connectivity index (χ3n) is 2.49. The Morgan fingerprint density at radius 3 is 2.62 bits per heavy atom. The standard InChI is InChI=1S/C9H17NO3/c1-8(2)4-10(7-12)9(3,5-11)6-13-8/h7,11H,4-6H2,1-3H3. The Labute approximate surface area is 78.5 Å². The molecule has 0 aromatic rings. The van der Waals surface area contributed by atoms with Crippen LogP contribution >= 0.6 is 0 Å². The topological polar surface area (TPSA) is 49.8 Å². The van der Waals surface area contributed by atoms with Crippen LogP contribution in [0, 0.1) is 0 Å². The Kier molecular flexibility index (Phi) is 2.63. The Bertz CT molecular complexity index is 205. The van der Waals surface area contributed by atoms with Gasteiger partial charge < -0.3 is 14.7 Å². The first-order chi connectivity index (χ1) is 5.93. The molecule has 0 saturated carbocycles. The molecule has 1 fully saturated rings. The second kappa shape index (κ2) is 3.27. The van der Waals surface area contributed by atoms with Crippen molar-refractivity contribution < 1.29 is 14.6 Å². The summed E-state index contributed by atoms with van der Waals surface area (Å²) in [5.41, 5.74) is -0.868. The first-order valence-corrected chi connectivity index (χ1v) is 4.40. The SMILES string of the molecule is CC1(C)CN(C=O)C(C)(CO)CO1. The van der Waals surface area contributed by atoms with Crippen LogP contribution in [0.4, 0.5) is 0 Å². The summed E-state index contributed by atoms with van der Waals surface area (Å²) < 4.78 is 5.54. The summed E-state index contributed by atoms with van der Waals surface area (Å²) in [6.07, 6.45) is 0.778. The fraction of sp³-hybridized carbons (Fsp3) is 0.889. The van der Waals surface area contributed by atoms with Crippen LogP contribution in [0.5, 0.6) is 0 Å². The van der Waals surface area contributed by atoms with Gasteiger partial charge in [-0.2, -0.15) is 0 Å². The Balaban J connectivity index is 2.77. The maximum absolute atomic E-state index is 10.8. The number of ether oxygens (including phenoxy) is 1. The van der Waals surface area contributed by atoms with Gasteiger partial charge in [-0.05, 0) is 20.8 Å². The van der Waals surface area contributed by atoms with Crippen molar-refractivity contribution in [2.24, 2.45) is 0 Å². The highest BCUT2D eigenvalue weighted by molar-refractivity contribution is 5.49. The lowest BCUT2D eigenvalue weighted by Gasteiger charge is -2.47. The second-order valence-electron chi connectivity index (χ2n) is 4.44. The van der Waals surface area contributed by atoms with E-state index in [1.54, 1.807) is 4.90 Å². The van der Waals surface area contributed by atoms with Crippen molar-refractivity contribution in [3.05, 3.63) is 0 Å². The van der Waals surface area contributed by atoms with Crippen LogP contribution in [0.15, 0.2) is 0 Å². The molecule has 4 heteroatoms. The average Bonchev–Trinajstić information content (AvgIpc) is 2.09. The van der Waals surface area contributed by atoms with Gasteiger partial charge in [-0.15, -0.1) is 0 Å². The zero-order valence-corrected chi connectivity index (χ0v) is 8.41. The normalized spacial score (nSPS) is 33.1.